The highest BCUT2D eigenvalue weighted by atomic mass is 32.2. The van der Waals surface area contributed by atoms with Gasteiger partial charge in [0.2, 0.25) is 0 Å². The third kappa shape index (κ3) is 6.49. The summed E-state index contributed by atoms with van der Waals surface area (Å²) in [7, 11) is 1.48. The van der Waals surface area contributed by atoms with E-state index in [4.69, 9.17) is 14.6 Å². The molecule has 0 unspecified atom stereocenters. The average molecular weight is 448 g/mol. The smallest absolute Gasteiger partial charge is 0.496 e. The summed E-state index contributed by atoms with van der Waals surface area (Å²) in [5.74, 6) is 0.742. The first kappa shape index (κ1) is 22.7. The zero-order chi connectivity index (χ0) is 22.2. The van der Waals surface area contributed by atoms with Crippen molar-refractivity contribution >= 4 is 17.9 Å². The first-order valence-electron chi connectivity index (χ1n) is 9.72. The maximum absolute atomic E-state index is 13.5. The molecule has 0 spiro atoms. The van der Waals surface area contributed by atoms with E-state index in [0.29, 0.717) is 29.6 Å². The number of allylic oxidation sites excluding steroid dienone is 1. The van der Waals surface area contributed by atoms with Gasteiger partial charge in [0.25, 0.3) is 0 Å². The van der Waals surface area contributed by atoms with Gasteiger partial charge in [-0.05, 0) is 48.4 Å². The van der Waals surface area contributed by atoms with Crippen LogP contribution in [0.25, 0.3) is 0 Å². The number of carbonyl (C=O) groups is 1. The summed E-state index contributed by atoms with van der Waals surface area (Å²) >= 11 is 1.49. The van der Waals surface area contributed by atoms with E-state index in [9.17, 15) is 13.6 Å². The molecule has 0 bridgehead atoms. The fourth-order valence-electron chi connectivity index (χ4n) is 3.22. The highest BCUT2D eigenvalue weighted by Gasteiger charge is 2.22. The standard InChI is InChI=1S/C23H23F2NO4S/c1-29-21-14-19(25)11-8-17(21)15-26-12-2-5-20(30-23(27)28)22(26)31-13-3-4-16-6-9-18(24)10-7-16/h2,5-11,14H,3-4,12-13,15H2,1H3,(H,27,28). The van der Waals surface area contributed by atoms with Crippen molar-refractivity contribution in [1.29, 1.82) is 0 Å². The van der Waals surface area contributed by atoms with E-state index < -0.39 is 6.16 Å². The molecule has 5 nitrogen and oxygen atoms in total. The van der Waals surface area contributed by atoms with Gasteiger partial charge in [0.1, 0.15) is 22.4 Å². The van der Waals surface area contributed by atoms with E-state index in [1.54, 1.807) is 24.3 Å². The Hall–Kier alpha value is -3.00. The summed E-state index contributed by atoms with van der Waals surface area (Å²) in [6.45, 7) is 0.952. The van der Waals surface area contributed by atoms with E-state index in [1.807, 2.05) is 11.0 Å². The van der Waals surface area contributed by atoms with Gasteiger partial charge in [-0.25, -0.2) is 13.6 Å². The molecular weight excluding hydrogens is 424 g/mol. The molecule has 1 N–H and O–H groups in total. The largest absolute Gasteiger partial charge is 0.511 e. The summed E-state index contributed by atoms with van der Waals surface area (Å²) in [4.78, 5) is 13.1. The maximum atomic E-state index is 13.5. The lowest BCUT2D eigenvalue weighted by atomic mass is 10.1. The van der Waals surface area contributed by atoms with Crippen molar-refractivity contribution in [2.45, 2.75) is 19.4 Å². The van der Waals surface area contributed by atoms with Gasteiger partial charge in [-0.15, -0.1) is 11.8 Å². The lowest BCUT2D eigenvalue weighted by Gasteiger charge is -2.30. The number of nitrogens with zero attached hydrogens (tertiary/aromatic N) is 1. The molecule has 2 aromatic carbocycles. The van der Waals surface area contributed by atoms with Crippen LogP contribution in [0.15, 0.2) is 65.4 Å². The third-order valence-corrected chi connectivity index (χ3v) is 5.89. The molecule has 0 aromatic heterocycles. The molecule has 1 aliphatic rings. The van der Waals surface area contributed by atoms with Gasteiger partial charge in [0.15, 0.2) is 5.76 Å². The van der Waals surface area contributed by atoms with Crippen LogP contribution in [-0.2, 0) is 17.7 Å². The lowest BCUT2D eigenvalue weighted by molar-refractivity contribution is 0.119. The van der Waals surface area contributed by atoms with E-state index in [2.05, 4.69) is 0 Å². The monoisotopic (exact) mass is 447 g/mol. The van der Waals surface area contributed by atoms with Gasteiger partial charge < -0.3 is 19.5 Å². The molecule has 3 rings (SSSR count). The van der Waals surface area contributed by atoms with Crippen LogP contribution in [0.4, 0.5) is 13.6 Å². The van der Waals surface area contributed by atoms with Crippen molar-refractivity contribution in [2.24, 2.45) is 0 Å². The second-order valence-electron chi connectivity index (χ2n) is 6.85. The van der Waals surface area contributed by atoms with E-state index in [0.717, 1.165) is 24.0 Å². The molecule has 0 amide bonds. The van der Waals surface area contributed by atoms with Crippen molar-refractivity contribution in [2.75, 3.05) is 19.4 Å². The van der Waals surface area contributed by atoms with Crippen LogP contribution in [0.1, 0.15) is 17.5 Å². The maximum Gasteiger partial charge on any atom is 0.511 e. The predicted molar refractivity (Wildman–Crippen MR) is 116 cm³/mol. The highest BCUT2D eigenvalue weighted by molar-refractivity contribution is 8.03. The van der Waals surface area contributed by atoms with Crippen molar-refractivity contribution in [3.63, 3.8) is 0 Å². The number of benzene rings is 2. The van der Waals surface area contributed by atoms with Gasteiger partial charge in [-0.3, -0.25) is 0 Å². The van der Waals surface area contributed by atoms with Crippen molar-refractivity contribution in [3.05, 3.63) is 88.2 Å². The minimum absolute atomic E-state index is 0.256. The van der Waals surface area contributed by atoms with Crippen molar-refractivity contribution in [3.8, 4) is 5.75 Å². The second kappa shape index (κ2) is 10.9. The number of hydrogen-bond acceptors (Lipinski definition) is 5. The summed E-state index contributed by atoms with van der Waals surface area (Å²) in [6.07, 6.45) is 3.67. The number of ether oxygens (including phenoxy) is 2. The Morgan fingerprint density at radius 2 is 1.90 bits per heavy atom. The van der Waals surface area contributed by atoms with Gasteiger partial charge in [0.05, 0.1) is 7.11 Å². The highest BCUT2D eigenvalue weighted by Crippen LogP contribution is 2.32. The Labute approximate surface area is 184 Å². The zero-order valence-electron chi connectivity index (χ0n) is 17.0. The molecule has 1 heterocycles. The molecule has 1 aliphatic heterocycles. The fraction of sp³-hybridized carbons (Fsp3) is 0.261. The minimum Gasteiger partial charge on any atom is -0.496 e. The molecule has 31 heavy (non-hydrogen) atoms. The van der Waals surface area contributed by atoms with Crippen molar-refractivity contribution in [1.82, 2.24) is 4.90 Å². The minimum atomic E-state index is -1.38. The van der Waals surface area contributed by atoms with E-state index in [-0.39, 0.29) is 17.4 Å². The molecule has 0 saturated carbocycles. The molecule has 0 atom stereocenters. The normalized spacial score (nSPS) is 13.5. The molecule has 8 heteroatoms. The number of aryl methyl sites for hydroxylation is 1. The van der Waals surface area contributed by atoms with Gasteiger partial charge in [-0.2, -0.15) is 0 Å². The summed E-state index contributed by atoms with van der Waals surface area (Å²) < 4.78 is 36.9. The molecule has 0 saturated heterocycles. The van der Waals surface area contributed by atoms with E-state index >= 15 is 0 Å². The average Bonchev–Trinajstić information content (AvgIpc) is 2.74. The summed E-state index contributed by atoms with van der Waals surface area (Å²) in [5, 5.41) is 9.79. The molecule has 0 radical (unpaired) electrons. The molecule has 2 aromatic rings. The molecule has 0 aliphatic carbocycles. The van der Waals surface area contributed by atoms with Gasteiger partial charge in [-0.1, -0.05) is 24.3 Å². The molecule has 164 valence electrons. The number of hydrogen-bond donors (Lipinski definition) is 1. The van der Waals surface area contributed by atoms with Gasteiger partial charge in [0, 0.05) is 24.7 Å². The fourth-order valence-corrected chi connectivity index (χ4v) is 4.27. The van der Waals surface area contributed by atoms with Gasteiger partial charge >= 0.3 is 6.16 Å². The second-order valence-corrected chi connectivity index (χ2v) is 7.94. The number of rotatable bonds is 9. The van der Waals surface area contributed by atoms with Crippen LogP contribution in [-0.4, -0.2) is 35.6 Å². The Morgan fingerprint density at radius 1 is 1.16 bits per heavy atom. The Bertz CT molecular complexity index is 976. The number of carboxylic acid groups (broad SMARTS) is 1. The predicted octanol–water partition coefficient (Wildman–Crippen LogP) is 5.57. The zero-order valence-corrected chi connectivity index (χ0v) is 17.8. The number of halogens is 2. The SMILES string of the molecule is COc1cc(F)ccc1CN1CC=CC(OC(=O)O)=C1SCCCc1ccc(F)cc1. The number of thioether (sulfide) groups is 1. The quantitative estimate of drug-likeness (QED) is 0.400. The van der Waals surface area contributed by atoms with Crippen LogP contribution >= 0.6 is 11.8 Å². The third-order valence-electron chi connectivity index (χ3n) is 4.66. The molecule has 0 fully saturated rings. The molecular formula is C23H23F2NO4S. The van der Waals surface area contributed by atoms with Crippen LogP contribution in [0.5, 0.6) is 5.75 Å². The van der Waals surface area contributed by atoms with Crippen LogP contribution in [0, 0.1) is 11.6 Å². The Balaban J connectivity index is 1.72. The topological polar surface area (TPSA) is 59.0 Å². The van der Waals surface area contributed by atoms with E-state index in [1.165, 1.54) is 43.1 Å². The number of methoxy groups -OCH3 is 1. The lowest BCUT2D eigenvalue weighted by Crippen LogP contribution is -2.26. The van der Waals surface area contributed by atoms with Crippen LogP contribution in [0.2, 0.25) is 0 Å². The summed E-state index contributed by atoms with van der Waals surface area (Å²) in [6, 6.07) is 10.7. The van der Waals surface area contributed by atoms with Crippen LogP contribution < -0.4 is 4.74 Å². The Morgan fingerprint density at radius 3 is 2.61 bits per heavy atom. The summed E-state index contributed by atoms with van der Waals surface area (Å²) in [5.41, 5.74) is 1.81. The first-order valence-corrected chi connectivity index (χ1v) is 10.7. The van der Waals surface area contributed by atoms with Crippen LogP contribution in [0.3, 0.4) is 0 Å². The van der Waals surface area contributed by atoms with Crippen molar-refractivity contribution < 1.29 is 28.2 Å². The Kier molecular flexibility index (Phi) is 7.94. The first-order chi connectivity index (χ1) is 15.0.